The molecule has 1 aromatic heterocycles. The van der Waals surface area contributed by atoms with Gasteiger partial charge in [-0.3, -0.25) is 4.79 Å². The van der Waals surface area contributed by atoms with E-state index in [2.05, 4.69) is 10.3 Å². The van der Waals surface area contributed by atoms with Crippen molar-refractivity contribution in [1.29, 1.82) is 0 Å². The molecule has 1 atom stereocenters. The van der Waals surface area contributed by atoms with Gasteiger partial charge >= 0.3 is 0 Å². The third-order valence-corrected chi connectivity index (χ3v) is 7.98. The Hall–Kier alpha value is -2.68. The lowest BCUT2D eigenvalue weighted by atomic mass is 9.96. The Labute approximate surface area is 193 Å². The number of carbonyl (C=O) groups is 1. The van der Waals surface area contributed by atoms with Gasteiger partial charge in [0.05, 0.1) is 4.90 Å². The zero-order valence-corrected chi connectivity index (χ0v) is 19.3. The molecule has 1 aliphatic rings. The highest BCUT2D eigenvalue weighted by atomic mass is 35.5. The average molecular weight is 473 g/mol. The number of sulfonamides is 1. The first-order chi connectivity index (χ1) is 15.4. The molecule has 32 heavy (non-hydrogen) atoms. The maximum atomic E-state index is 13.1. The average Bonchev–Trinajstić information content (AvgIpc) is 3.24. The summed E-state index contributed by atoms with van der Waals surface area (Å²) >= 11 is 6.03. The highest BCUT2D eigenvalue weighted by Crippen LogP contribution is 2.27. The highest BCUT2D eigenvalue weighted by Gasteiger charge is 2.33. The van der Waals surface area contributed by atoms with E-state index in [0.29, 0.717) is 36.8 Å². The molecule has 1 amide bonds. The lowest BCUT2D eigenvalue weighted by molar-refractivity contribution is -0.126. The largest absolute Gasteiger partial charge is 0.342 e. The number of benzene rings is 2. The van der Waals surface area contributed by atoms with Crippen LogP contribution < -0.4 is 5.32 Å². The summed E-state index contributed by atoms with van der Waals surface area (Å²) in [6, 6.07) is 15.3. The number of piperidine rings is 1. The molecule has 0 aliphatic carbocycles. The molecule has 1 N–H and O–H groups in total. The number of hydrogen-bond acceptors (Lipinski definition) is 4. The second-order valence-electron chi connectivity index (χ2n) is 7.88. The summed E-state index contributed by atoms with van der Waals surface area (Å²) in [5.74, 6) is 0.335. The predicted octanol–water partition coefficient (Wildman–Crippen LogP) is 3.38. The minimum Gasteiger partial charge on any atom is -0.342 e. The highest BCUT2D eigenvalue weighted by molar-refractivity contribution is 7.89. The number of aryl methyl sites for hydroxylation is 1. The molecule has 1 fully saturated rings. The number of imidazole rings is 1. The van der Waals surface area contributed by atoms with Crippen molar-refractivity contribution in [1.82, 2.24) is 19.2 Å². The standard InChI is InChI=1S/C23H25ClN4O3S/c1-27-16-13-25-22(27)21(17-7-9-19(24)10-8-17)26-23(29)18-11-14-28(15-12-18)32(30,31)20-5-3-2-4-6-20/h2-10,13,16,18,21H,11-12,14-15H2,1H3,(H,26,29)/t21-/m1/s1. The van der Waals surface area contributed by atoms with Crippen LogP contribution in [0.25, 0.3) is 0 Å². The van der Waals surface area contributed by atoms with Crippen LogP contribution in [-0.2, 0) is 21.9 Å². The third-order valence-electron chi connectivity index (χ3n) is 5.81. The van der Waals surface area contributed by atoms with Crippen molar-refractivity contribution in [2.24, 2.45) is 13.0 Å². The van der Waals surface area contributed by atoms with Crippen LogP contribution in [0.2, 0.25) is 5.02 Å². The monoisotopic (exact) mass is 472 g/mol. The Bertz CT molecular complexity index is 1170. The van der Waals surface area contributed by atoms with Gasteiger partial charge in [0, 0.05) is 43.5 Å². The van der Waals surface area contributed by atoms with E-state index in [1.54, 1.807) is 48.7 Å². The van der Waals surface area contributed by atoms with Crippen molar-refractivity contribution in [3.05, 3.63) is 83.4 Å². The molecule has 9 heteroatoms. The Morgan fingerprint density at radius 1 is 1.09 bits per heavy atom. The van der Waals surface area contributed by atoms with Gasteiger partial charge in [0.25, 0.3) is 0 Å². The molecule has 0 spiro atoms. The number of halogens is 1. The van der Waals surface area contributed by atoms with E-state index in [9.17, 15) is 13.2 Å². The van der Waals surface area contributed by atoms with Crippen LogP contribution in [0.4, 0.5) is 0 Å². The maximum Gasteiger partial charge on any atom is 0.243 e. The molecule has 2 aromatic carbocycles. The number of rotatable bonds is 6. The van der Waals surface area contributed by atoms with Crippen LogP contribution in [0.3, 0.4) is 0 Å². The first kappa shape index (κ1) is 22.5. The fourth-order valence-electron chi connectivity index (χ4n) is 3.97. The molecule has 0 unspecified atom stereocenters. The van der Waals surface area contributed by atoms with Gasteiger partial charge in [-0.1, -0.05) is 41.9 Å². The summed E-state index contributed by atoms with van der Waals surface area (Å²) in [4.78, 5) is 17.8. The van der Waals surface area contributed by atoms with Crippen molar-refractivity contribution in [3.63, 3.8) is 0 Å². The van der Waals surface area contributed by atoms with Crippen molar-refractivity contribution in [2.75, 3.05) is 13.1 Å². The van der Waals surface area contributed by atoms with Crippen LogP contribution in [0.15, 0.2) is 71.9 Å². The first-order valence-corrected chi connectivity index (χ1v) is 12.3. The van der Waals surface area contributed by atoms with E-state index < -0.39 is 16.1 Å². The van der Waals surface area contributed by atoms with Crippen LogP contribution in [0, 0.1) is 5.92 Å². The summed E-state index contributed by atoms with van der Waals surface area (Å²) in [5.41, 5.74) is 0.876. The normalized spacial score (nSPS) is 16.6. The molecular weight excluding hydrogens is 448 g/mol. The quantitative estimate of drug-likeness (QED) is 0.596. The topological polar surface area (TPSA) is 84.3 Å². The van der Waals surface area contributed by atoms with E-state index in [-0.39, 0.29) is 16.7 Å². The number of hydrogen-bond donors (Lipinski definition) is 1. The second-order valence-corrected chi connectivity index (χ2v) is 10.3. The smallest absolute Gasteiger partial charge is 0.243 e. The number of aromatic nitrogens is 2. The zero-order chi connectivity index (χ0) is 22.7. The summed E-state index contributed by atoms with van der Waals surface area (Å²) in [7, 11) is -1.67. The van der Waals surface area contributed by atoms with Gasteiger partial charge in [-0.2, -0.15) is 4.31 Å². The summed E-state index contributed by atoms with van der Waals surface area (Å²) < 4.78 is 29.0. The SMILES string of the molecule is Cn1ccnc1[C@H](NC(=O)C1CCN(S(=O)(=O)c2ccccc2)CC1)c1ccc(Cl)cc1. The minimum atomic E-state index is -3.55. The van der Waals surface area contributed by atoms with Crippen molar-refractivity contribution in [3.8, 4) is 0 Å². The van der Waals surface area contributed by atoms with Gasteiger partial charge in [-0.05, 0) is 42.7 Å². The molecule has 168 valence electrons. The molecule has 0 saturated carbocycles. The van der Waals surface area contributed by atoms with Gasteiger partial charge in [-0.15, -0.1) is 0 Å². The van der Waals surface area contributed by atoms with Crippen molar-refractivity contribution in [2.45, 2.75) is 23.8 Å². The third kappa shape index (κ3) is 4.72. The van der Waals surface area contributed by atoms with E-state index in [4.69, 9.17) is 11.6 Å². The fourth-order valence-corrected chi connectivity index (χ4v) is 5.58. The number of nitrogens with zero attached hydrogens (tertiary/aromatic N) is 3. The van der Waals surface area contributed by atoms with Gasteiger partial charge in [0.1, 0.15) is 11.9 Å². The number of carbonyl (C=O) groups excluding carboxylic acids is 1. The molecule has 4 rings (SSSR count). The Morgan fingerprint density at radius 2 is 1.75 bits per heavy atom. The van der Waals surface area contributed by atoms with Crippen LogP contribution in [0.1, 0.15) is 30.3 Å². The Kier molecular flexibility index (Phi) is 6.64. The summed E-state index contributed by atoms with van der Waals surface area (Å²) in [6.45, 7) is 0.618. The molecule has 1 aliphatic heterocycles. The molecule has 3 aromatic rings. The van der Waals surface area contributed by atoms with Crippen LogP contribution >= 0.6 is 11.6 Å². The van der Waals surface area contributed by atoms with Gasteiger partial charge in [0.15, 0.2) is 0 Å². The molecule has 0 bridgehead atoms. The Morgan fingerprint density at radius 3 is 2.34 bits per heavy atom. The summed E-state index contributed by atoms with van der Waals surface area (Å²) in [5, 5.41) is 3.73. The maximum absolute atomic E-state index is 13.1. The molecule has 7 nitrogen and oxygen atoms in total. The summed E-state index contributed by atoms with van der Waals surface area (Å²) in [6.07, 6.45) is 4.45. The van der Waals surface area contributed by atoms with E-state index in [1.807, 2.05) is 29.9 Å². The van der Waals surface area contributed by atoms with Crippen molar-refractivity contribution >= 4 is 27.5 Å². The fraction of sp³-hybridized carbons (Fsp3) is 0.304. The lowest BCUT2D eigenvalue weighted by Crippen LogP contribution is -2.44. The van der Waals surface area contributed by atoms with E-state index in [0.717, 1.165) is 5.56 Å². The van der Waals surface area contributed by atoms with Gasteiger partial charge < -0.3 is 9.88 Å². The predicted molar refractivity (Wildman–Crippen MR) is 123 cm³/mol. The van der Waals surface area contributed by atoms with Crippen LogP contribution in [0.5, 0.6) is 0 Å². The van der Waals surface area contributed by atoms with Crippen molar-refractivity contribution < 1.29 is 13.2 Å². The van der Waals surface area contributed by atoms with E-state index >= 15 is 0 Å². The first-order valence-electron chi connectivity index (χ1n) is 10.4. The Balaban J connectivity index is 1.46. The minimum absolute atomic E-state index is 0.107. The lowest BCUT2D eigenvalue weighted by Gasteiger charge is -2.31. The van der Waals surface area contributed by atoms with E-state index in [1.165, 1.54) is 4.31 Å². The number of nitrogens with one attached hydrogen (secondary N) is 1. The van der Waals surface area contributed by atoms with Gasteiger partial charge in [-0.25, -0.2) is 13.4 Å². The second kappa shape index (κ2) is 9.44. The molecule has 2 heterocycles. The zero-order valence-electron chi connectivity index (χ0n) is 17.7. The molecule has 1 saturated heterocycles. The van der Waals surface area contributed by atoms with Gasteiger partial charge in [0.2, 0.25) is 15.9 Å². The molecular formula is C23H25ClN4O3S. The van der Waals surface area contributed by atoms with Crippen LogP contribution in [-0.4, -0.2) is 41.3 Å². The number of amides is 1. The molecule has 0 radical (unpaired) electrons.